The molecule has 2 rings (SSSR count). The SMILES string of the molecule is CCOC(=O)c1cnc(C)nc1-c1ccccc1Cl. The first-order valence-electron chi connectivity index (χ1n) is 5.89. The van der Waals surface area contributed by atoms with Crippen LogP contribution in [0.25, 0.3) is 11.3 Å². The highest BCUT2D eigenvalue weighted by Crippen LogP contribution is 2.28. The number of carbonyl (C=O) groups is 1. The Kier molecular flexibility index (Phi) is 4.12. The minimum atomic E-state index is -0.447. The first-order valence-corrected chi connectivity index (χ1v) is 6.27. The van der Waals surface area contributed by atoms with Crippen LogP contribution < -0.4 is 0 Å². The molecule has 1 heterocycles. The summed E-state index contributed by atoms with van der Waals surface area (Å²) in [7, 11) is 0. The number of benzene rings is 1. The molecule has 0 amide bonds. The molecule has 0 saturated carbocycles. The predicted octanol–water partition coefficient (Wildman–Crippen LogP) is 3.28. The van der Waals surface area contributed by atoms with E-state index in [1.54, 1.807) is 19.9 Å². The summed E-state index contributed by atoms with van der Waals surface area (Å²) >= 11 is 6.15. The van der Waals surface area contributed by atoms with E-state index < -0.39 is 5.97 Å². The van der Waals surface area contributed by atoms with Crippen LogP contribution in [0.4, 0.5) is 0 Å². The number of ether oxygens (including phenoxy) is 1. The van der Waals surface area contributed by atoms with E-state index >= 15 is 0 Å². The summed E-state index contributed by atoms with van der Waals surface area (Å²) < 4.78 is 5.01. The number of aryl methyl sites for hydroxylation is 1. The summed E-state index contributed by atoms with van der Waals surface area (Å²) in [4.78, 5) is 20.3. The molecule has 0 aliphatic heterocycles. The van der Waals surface area contributed by atoms with Crippen LogP contribution in [0.1, 0.15) is 23.1 Å². The number of nitrogens with zero attached hydrogens (tertiary/aromatic N) is 2. The van der Waals surface area contributed by atoms with E-state index in [1.807, 2.05) is 18.2 Å². The topological polar surface area (TPSA) is 52.1 Å². The lowest BCUT2D eigenvalue weighted by molar-refractivity contribution is 0.0526. The van der Waals surface area contributed by atoms with Gasteiger partial charge in [-0.1, -0.05) is 29.8 Å². The molecule has 19 heavy (non-hydrogen) atoms. The van der Waals surface area contributed by atoms with Crippen molar-refractivity contribution in [2.75, 3.05) is 6.61 Å². The molecule has 0 fully saturated rings. The maximum absolute atomic E-state index is 11.9. The predicted molar refractivity (Wildman–Crippen MR) is 73.2 cm³/mol. The molecule has 2 aromatic rings. The van der Waals surface area contributed by atoms with Gasteiger partial charge in [-0.3, -0.25) is 0 Å². The highest BCUT2D eigenvalue weighted by molar-refractivity contribution is 6.33. The molecule has 1 aromatic carbocycles. The molecule has 0 aliphatic carbocycles. The fraction of sp³-hybridized carbons (Fsp3) is 0.214. The Bertz CT molecular complexity index is 614. The molecule has 0 atom stereocenters. The minimum Gasteiger partial charge on any atom is -0.462 e. The number of halogens is 1. The molecular formula is C14H13ClN2O2. The van der Waals surface area contributed by atoms with Crippen molar-refractivity contribution >= 4 is 17.6 Å². The van der Waals surface area contributed by atoms with Crippen LogP contribution in [-0.4, -0.2) is 22.5 Å². The molecule has 5 heteroatoms. The number of aromatic nitrogens is 2. The van der Waals surface area contributed by atoms with Crippen molar-refractivity contribution < 1.29 is 9.53 Å². The van der Waals surface area contributed by atoms with Crippen LogP contribution in [0, 0.1) is 6.92 Å². The fourth-order valence-corrected chi connectivity index (χ4v) is 1.91. The van der Waals surface area contributed by atoms with E-state index in [0.717, 1.165) is 0 Å². The Morgan fingerprint density at radius 1 is 1.37 bits per heavy atom. The highest BCUT2D eigenvalue weighted by Gasteiger charge is 2.18. The second kappa shape index (κ2) is 5.80. The Balaban J connectivity index is 2.58. The van der Waals surface area contributed by atoms with Crippen LogP contribution in [0.15, 0.2) is 30.5 Å². The van der Waals surface area contributed by atoms with Gasteiger partial charge in [-0.05, 0) is 19.9 Å². The van der Waals surface area contributed by atoms with Gasteiger partial charge < -0.3 is 4.74 Å². The van der Waals surface area contributed by atoms with Gasteiger partial charge in [-0.25, -0.2) is 14.8 Å². The van der Waals surface area contributed by atoms with Gasteiger partial charge in [0.05, 0.1) is 12.3 Å². The molecule has 0 unspecified atom stereocenters. The van der Waals surface area contributed by atoms with Gasteiger partial charge in [0.1, 0.15) is 11.4 Å². The monoisotopic (exact) mass is 276 g/mol. The molecule has 0 bridgehead atoms. The summed E-state index contributed by atoms with van der Waals surface area (Å²) in [6.07, 6.45) is 1.47. The van der Waals surface area contributed by atoms with Gasteiger partial charge in [0, 0.05) is 16.8 Å². The second-order valence-corrected chi connectivity index (χ2v) is 4.29. The van der Waals surface area contributed by atoms with Crippen molar-refractivity contribution in [3.8, 4) is 11.3 Å². The number of hydrogen-bond donors (Lipinski definition) is 0. The molecule has 98 valence electrons. The molecular weight excluding hydrogens is 264 g/mol. The van der Waals surface area contributed by atoms with E-state index in [-0.39, 0.29) is 0 Å². The van der Waals surface area contributed by atoms with Crippen molar-refractivity contribution in [2.24, 2.45) is 0 Å². The van der Waals surface area contributed by atoms with Crippen molar-refractivity contribution in [3.05, 3.63) is 46.9 Å². The second-order valence-electron chi connectivity index (χ2n) is 3.88. The third-order valence-electron chi connectivity index (χ3n) is 2.53. The number of esters is 1. The highest BCUT2D eigenvalue weighted by atomic mass is 35.5. The zero-order valence-corrected chi connectivity index (χ0v) is 11.4. The zero-order valence-electron chi connectivity index (χ0n) is 10.7. The molecule has 0 spiro atoms. The van der Waals surface area contributed by atoms with Gasteiger partial charge in [0.15, 0.2) is 0 Å². The van der Waals surface area contributed by atoms with E-state index in [2.05, 4.69) is 9.97 Å². The lowest BCUT2D eigenvalue weighted by Gasteiger charge is -2.09. The lowest BCUT2D eigenvalue weighted by Crippen LogP contribution is -2.09. The Morgan fingerprint density at radius 2 is 2.11 bits per heavy atom. The molecule has 4 nitrogen and oxygen atoms in total. The third-order valence-corrected chi connectivity index (χ3v) is 2.86. The summed E-state index contributed by atoms with van der Waals surface area (Å²) in [6.45, 7) is 3.81. The number of hydrogen-bond acceptors (Lipinski definition) is 4. The molecule has 0 aliphatic rings. The van der Waals surface area contributed by atoms with E-state index in [1.165, 1.54) is 6.20 Å². The Morgan fingerprint density at radius 3 is 2.79 bits per heavy atom. The summed E-state index contributed by atoms with van der Waals surface area (Å²) in [6, 6.07) is 7.23. The summed E-state index contributed by atoms with van der Waals surface area (Å²) in [5, 5.41) is 0.533. The molecule has 0 N–H and O–H groups in total. The third kappa shape index (κ3) is 2.90. The largest absolute Gasteiger partial charge is 0.462 e. The summed E-state index contributed by atoms with van der Waals surface area (Å²) in [5.74, 6) is 0.125. The van der Waals surface area contributed by atoms with Crippen LogP contribution in [0.5, 0.6) is 0 Å². The lowest BCUT2D eigenvalue weighted by atomic mass is 10.1. The first kappa shape index (κ1) is 13.5. The van der Waals surface area contributed by atoms with Crippen LogP contribution >= 0.6 is 11.6 Å². The quantitative estimate of drug-likeness (QED) is 0.807. The maximum Gasteiger partial charge on any atom is 0.341 e. The standard InChI is InChI=1S/C14H13ClN2O2/c1-3-19-14(18)11-8-16-9(2)17-13(11)10-6-4-5-7-12(10)15/h4-8H,3H2,1-2H3. The first-order chi connectivity index (χ1) is 9.13. The van der Waals surface area contributed by atoms with Crippen molar-refractivity contribution in [1.29, 1.82) is 0 Å². The Hall–Kier alpha value is -1.94. The van der Waals surface area contributed by atoms with E-state index in [9.17, 15) is 4.79 Å². The molecule has 0 saturated heterocycles. The number of rotatable bonds is 3. The smallest absolute Gasteiger partial charge is 0.341 e. The van der Waals surface area contributed by atoms with E-state index in [4.69, 9.17) is 16.3 Å². The summed E-state index contributed by atoms with van der Waals surface area (Å²) in [5.41, 5.74) is 1.51. The fourth-order valence-electron chi connectivity index (χ4n) is 1.69. The van der Waals surface area contributed by atoms with Crippen molar-refractivity contribution in [1.82, 2.24) is 9.97 Å². The van der Waals surface area contributed by atoms with Crippen molar-refractivity contribution in [2.45, 2.75) is 13.8 Å². The van der Waals surface area contributed by atoms with E-state index in [0.29, 0.717) is 34.3 Å². The Labute approximate surface area is 116 Å². The average Bonchev–Trinajstić information content (AvgIpc) is 2.39. The van der Waals surface area contributed by atoms with Crippen LogP contribution in [-0.2, 0) is 4.74 Å². The molecule has 1 aromatic heterocycles. The average molecular weight is 277 g/mol. The van der Waals surface area contributed by atoms with Crippen LogP contribution in [0.3, 0.4) is 0 Å². The number of carbonyl (C=O) groups excluding carboxylic acids is 1. The maximum atomic E-state index is 11.9. The normalized spacial score (nSPS) is 10.3. The van der Waals surface area contributed by atoms with Gasteiger partial charge >= 0.3 is 5.97 Å². The van der Waals surface area contributed by atoms with Crippen LogP contribution in [0.2, 0.25) is 5.02 Å². The zero-order chi connectivity index (χ0) is 13.8. The molecule has 0 radical (unpaired) electrons. The van der Waals surface area contributed by atoms with Gasteiger partial charge in [-0.2, -0.15) is 0 Å². The minimum absolute atomic E-state index is 0.300. The van der Waals surface area contributed by atoms with Gasteiger partial charge in [-0.15, -0.1) is 0 Å². The van der Waals surface area contributed by atoms with Crippen molar-refractivity contribution in [3.63, 3.8) is 0 Å². The van der Waals surface area contributed by atoms with Gasteiger partial charge in [0.2, 0.25) is 0 Å². The van der Waals surface area contributed by atoms with Gasteiger partial charge in [0.25, 0.3) is 0 Å².